The van der Waals surface area contributed by atoms with E-state index >= 15 is 0 Å². The molecule has 2 amide bonds. The number of thioether (sulfide) groups is 1. The van der Waals surface area contributed by atoms with E-state index in [0.29, 0.717) is 41.1 Å². The Kier molecular flexibility index (Phi) is 7.82. The van der Waals surface area contributed by atoms with Gasteiger partial charge in [0, 0.05) is 10.6 Å². The van der Waals surface area contributed by atoms with Gasteiger partial charge in [0.05, 0.1) is 24.7 Å². The SMILES string of the molecule is C=CCc1cc(/C=C2/SC(=O)N(Cc3ccccc3Cl)C2=O)cc(OCC)c1OCC. The summed E-state index contributed by atoms with van der Waals surface area (Å²) in [7, 11) is 0. The van der Waals surface area contributed by atoms with Crippen LogP contribution in [-0.4, -0.2) is 29.3 Å². The molecule has 1 saturated heterocycles. The van der Waals surface area contributed by atoms with Crippen LogP contribution >= 0.6 is 23.4 Å². The van der Waals surface area contributed by atoms with Gasteiger partial charge < -0.3 is 9.47 Å². The number of ether oxygens (including phenoxy) is 2. The van der Waals surface area contributed by atoms with E-state index in [1.165, 1.54) is 4.90 Å². The lowest BCUT2D eigenvalue weighted by molar-refractivity contribution is -0.123. The third-order valence-electron chi connectivity index (χ3n) is 4.56. The Morgan fingerprint density at radius 2 is 1.84 bits per heavy atom. The van der Waals surface area contributed by atoms with Crippen molar-refractivity contribution in [2.24, 2.45) is 0 Å². The predicted octanol–water partition coefficient (Wildman–Crippen LogP) is 6.10. The molecule has 1 aliphatic heterocycles. The molecule has 7 heteroatoms. The lowest BCUT2D eigenvalue weighted by Crippen LogP contribution is -2.27. The van der Waals surface area contributed by atoms with Crippen molar-refractivity contribution in [2.75, 3.05) is 13.2 Å². The summed E-state index contributed by atoms with van der Waals surface area (Å²) in [5.41, 5.74) is 2.39. The molecule has 162 valence electrons. The fraction of sp³-hybridized carbons (Fsp3) is 0.250. The van der Waals surface area contributed by atoms with Gasteiger partial charge in [-0.2, -0.15) is 0 Å². The van der Waals surface area contributed by atoms with Crippen molar-refractivity contribution < 1.29 is 19.1 Å². The zero-order valence-corrected chi connectivity index (χ0v) is 19.1. The third kappa shape index (κ3) is 5.32. The molecule has 3 rings (SSSR count). The monoisotopic (exact) mass is 457 g/mol. The van der Waals surface area contributed by atoms with E-state index < -0.39 is 0 Å². The third-order valence-corrected chi connectivity index (χ3v) is 5.84. The van der Waals surface area contributed by atoms with Crippen molar-refractivity contribution in [1.82, 2.24) is 4.90 Å². The van der Waals surface area contributed by atoms with Gasteiger partial charge in [-0.05, 0) is 67.4 Å². The molecule has 0 aliphatic carbocycles. The lowest BCUT2D eigenvalue weighted by atomic mass is 10.0. The number of amides is 2. The highest BCUT2D eigenvalue weighted by molar-refractivity contribution is 8.18. The minimum atomic E-state index is -0.341. The summed E-state index contributed by atoms with van der Waals surface area (Å²) in [5, 5.41) is 0.200. The van der Waals surface area contributed by atoms with Crippen molar-refractivity contribution in [2.45, 2.75) is 26.8 Å². The molecule has 0 bridgehead atoms. The number of nitrogens with zero attached hydrogens (tertiary/aromatic N) is 1. The van der Waals surface area contributed by atoms with Crippen molar-refractivity contribution in [3.05, 3.63) is 75.7 Å². The minimum absolute atomic E-state index is 0.136. The molecule has 2 aromatic carbocycles. The largest absolute Gasteiger partial charge is 0.490 e. The van der Waals surface area contributed by atoms with Gasteiger partial charge in [0.1, 0.15) is 0 Å². The summed E-state index contributed by atoms with van der Waals surface area (Å²) >= 11 is 7.11. The minimum Gasteiger partial charge on any atom is -0.490 e. The Morgan fingerprint density at radius 1 is 1.10 bits per heavy atom. The van der Waals surface area contributed by atoms with Gasteiger partial charge >= 0.3 is 0 Å². The summed E-state index contributed by atoms with van der Waals surface area (Å²) < 4.78 is 11.6. The Balaban J connectivity index is 1.93. The number of carbonyl (C=O) groups is 2. The van der Waals surface area contributed by atoms with Crippen molar-refractivity contribution in [3.8, 4) is 11.5 Å². The molecule has 5 nitrogen and oxygen atoms in total. The topological polar surface area (TPSA) is 55.8 Å². The molecule has 31 heavy (non-hydrogen) atoms. The van der Waals surface area contributed by atoms with E-state index in [0.717, 1.165) is 28.5 Å². The smallest absolute Gasteiger partial charge is 0.293 e. The van der Waals surface area contributed by atoms with Gasteiger partial charge in [-0.15, -0.1) is 6.58 Å². The molecule has 0 atom stereocenters. The molecule has 0 aromatic heterocycles. The summed E-state index contributed by atoms with van der Waals surface area (Å²) in [4.78, 5) is 27.0. The molecule has 1 fully saturated rings. The predicted molar refractivity (Wildman–Crippen MR) is 126 cm³/mol. The van der Waals surface area contributed by atoms with Crippen LogP contribution in [-0.2, 0) is 17.8 Å². The van der Waals surface area contributed by atoms with Crippen LogP contribution in [0.25, 0.3) is 6.08 Å². The highest BCUT2D eigenvalue weighted by Gasteiger charge is 2.35. The first-order chi connectivity index (χ1) is 15.0. The van der Waals surface area contributed by atoms with Crippen LogP contribution in [0.1, 0.15) is 30.5 Å². The molecule has 0 N–H and O–H groups in total. The number of carbonyl (C=O) groups excluding carboxylic acids is 2. The molecule has 1 aliphatic rings. The lowest BCUT2D eigenvalue weighted by Gasteiger charge is -2.16. The van der Waals surface area contributed by atoms with E-state index in [1.807, 2.05) is 38.1 Å². The number of halogens is 1. The second-order valence-electron chi connectivity index (χ2n) is 6.73. The van der Waals surface area contributed by atoms with E-state index in [-0.39, 0.29) is 17.7 Å². The van der Waals surface area contributed by atoms with Crippen LogP contribution in [0.3, 0.4) is 0 Å². The Hall–Kier alpha value is -2.70. The van der Waals surface area contributed by atoms with E-state index in [2.05, 4.69) is 6.58 Å². The second kappa shape index (κ2) is 10.6. The summed E-state index contributed by atoms with van der Waals surface area (Å²) in [6, 6.07) is 10.9. The molecule has 0 radical (unpaired) electrons. The molecule has 0 spiro atoms. The zero-order chi connectivity index (χ0) is 22.4. The second-order valence-corrected chi connectivity index (χ2v) is 8.13. The number of rotatable bonds is 9. The molecule has 1 heterocycles. The van der Waals surface area contributed by atoms with Gasteiger partial charge in [-0.3, -0.25) is 14.5 Å². The van der Waals surface area contributed by atoms with Crippen molar-refractivity contribution in [1.29, 1.82) is 0 Å². The molecule has 2 aromatic rings. The normalized spacial score (nSPS) is 14.9. The van der Waals surface area contributed by atoms with Gasteiger partial charge in [-0.1, -0.05) is 35.9 Å². The van der Waals surface area contributed by atoms with Gasteiger partial charge in [0.15, 0.2) is 11.5 Å². The fourth-order valence-corrected chi connectivity index (χ4v) is 4.26. The maximum Gasteiger partial charge on any atom is 0.293 e. The molecular weight excluding hydrogens is 434 g/mol. The van der Waals surface area contributed by atoms with Gasteiger partial charge in [-0.25, -0.2) is 0 Å². The molecular formula is C24H24ClNO4S. The van der Waals surface area contributed by atoms with Crippen LogP contribution in [0.5, 0.6) is 11.5 Å². The maximum absolute atomic E-state index is 12.9. The molecule has 0 saturated carbocycles. The van der Waals surface area contributed by atoms with Gasteiger partial charge in [0.2, 0.25) is 0 Å². The highest BCUT2D eigenvalue weighted by Crippen LogP contribution is 2.38. The number of allylic oxidation sites excluding steroid dienone is 1. The molecule has 0 unspecified atom stereocenters. The van der Waals surface area contributed by atoms with Crippen LogP contribution in [0.4, 0.5) is 4.79 Å². The van der Waals surface area contributed by atoms with E-state index in [4.69, 9.17) is 21.1 Å². The first-order valence-corrected chi connectivity index (χ1v) is 11.2. The number of benzene rings is 2. The maximum atomic E-state index is 12.9. The first-order valence-electron chi connectivity index (χ1n) is 10.0. The van der Waals surface area contributed by atoms with E-state index in [1.54, 1.807) is 24.3 Å². The van der Waals surface area contributed by atoms with Crippen molar-refractivity contribution >= 4 is 40.6 Å². The van der Waals surface area contributed by atoms with Crippen LogP contribution in [0.2, 0.25) is 5.02 Å². The standard InChI is InChI=1S/C24H24ClNO4S/c1-4-9-17-12-16(13-20(29-5-2)22(17)30-6-3)14-21-23(27)26(24(28)31-21)15-18-10-7-8-11-19(18)25/h4,7-8,10-14H,1,5-6,9,15H2,2-3H3/b21-14+. The number of imide groups is 1. The summed E-state index contributed by atoms with van der Waals surface area (Å²) in [6.07, 6.45) is 4.09. The summed E-state index contributed by atoms with van der Waals surface area (Å²) in [5.74, 6) is 0.936. The zero-order valence-electron chi connectivity index (χ0n) is 17.5. The number of hydrogen-bond acceptors (Lipinski definition) is 5. The highest BCUT2D eigenvalue weighted by atomic mass is 35.5. The Morgan fingerprint density at radius 3 is 2.52 bits per heavy atom. The first kappa shape index (κ1) is 23.0. The van der Waals surface area contributed by atoms with Crippen LogP contribution in [0, 0.1) is 0 Å². The Bertz CT molecular complexity index is 1030. The average Bonchev–Trinajstić information content (AvgIpc) is 3.00. The van der Waals surface area contributed by atoms with Crippen LogP contribution < -0.4 is 9.47 Å². The quantitative estimate of drug-likeness (QED) is 0.336. The summed E-state index contributed by atoms with van der Waals surface area (Å²) in [6.45, 7) is 8.74. The van der Waals surface area contributed by atoms with Crippen LogP contribution in [0.15, 0.2) is 54.0 Å². The average molecular weight is 458 g/mol. The Labute approximate surface area is 191 Å². The van der Waals surface area contributed by atoms with E-state index in [9.17, 15) is 9.59 Å². The fourth-order valence-electron chi connectivity index (χ4n) is 3.23. The van der Waals surface area contributed by atoms with Crippen molar-refractivity contribution in [3.63, 3.8) is 0 Å². The van der Waals surface area contributed by atoms with Gasteiger partial charge in [0.25, 0.3) is 11.1 Å². The number of hydrogen-bond donors (Lipinski definition) is 0.